The Morgan fingerprint density at radius 2 is 1.33 bits per heavy atom. The Morgan fingerprint density at radius 3 is 1.87 bits per heavy atom. The summed E-state index contributed by atoms with van der Waals surface area (Å²) in [4.78, 5) is 2.60. The first-order valence-electron chi connectivity index (χ1n) is 15.0. The van der Waals surface area contributed by atoms with E-state index in [9.17, 15) is 0 Å². The van der Waals surface area contributed by atoms with Crippen LogP contribution in [0, 0.1) is 0 Å². The van der Waals surface area contributed by atoms with E-state index in [0.717, 1.165) is 30.4 Å². The van der Waals surface area contributed by atoms with Crippen LogP contribution in [0.25, 0.3) is 17.4 Å². The topological polar surface area (TPSA) is 26.1 Å². The second kappa shape index (κ2) is 14.0. The molecule has 2 heteroatoms. The van der Waals surface area contributed by atoms with Gasteiger partial charge in [-0.1, -0.05) is 82.3 Å². The number of hydrogen-bond acceptors (Lipinski definition) is 1. The molecule has 0 atom stereocenters. The quantitative estimate of drug-likeness (QED) is 0.166. The zero-order chi connectivity index (χ0) is 27.6. The summed E-state index contributed by atoms with van der Waals surface area (Å²) in [7, 11) is 0. The molecule has 2 nitrogen and oxygen atoms in total. The molecule has 0 radical (unpaired) electrons. The third kappa shape index (κ3) is 7.12. The number of hydrogen-bond donors (Lipinski definition) is 0. The van der Waals surface area contributed by atoms with E-state index >= 15 is 0 Å². The lowest BCUT2D eigenvalue weighted by Crippen LogP contribution is -2.34. The van der Waals surface area contributed by atoms with E-state index in [0.29, 0.717) is 5.76 Å². The van der Waals surface area contributed by atoms with Crippen LogP contribution < -0.4 is 4.90 Å². The fourth-order valence-electron chi connectivity index (χ4n) is 5.68. The Bertz CT molecular complexity index is 1280. The van der Waals surface area contributed by atoms with Gasteiger partial charge in [0.05, 0.1) is 5.56 Å². The molecule has 0 amide bonds. The maximum atomic E-state index is 8.77. The number of allylic oxidation sites excluding steroid dienone is 4. The van der Waals surface area contributed by atoms with Gasteiger partial charge in [-0.3, -0.25) is 0 Å². The van der Waals surface area contributed by atoms with Gasteiger partial charge in [0.15, 0.2) is 0 Å². The Hall–Kier alpha value is -3.52. The zero-order valence-electron chi connectivity index (χ0n) is 24.4. The van der Waals surface area contributed by atoms with E-state index in [4.69, 9.17) is 5.11 Å². The highest BCUT2D eigenvalue weighted by molar-refractivity contribution is 5.81. The summed E-state index contributed by atoms with van der Waals surface area (Å²) >= 11 is 0. The van der Waals surface area contributed by atoms with Crippen LogP contribution in [0.2, 0.25) is 0 Å². The highest BCUT2D eigenvalue weighted by Crippen LogP contribution is 2.36. The molecule has 2 heterocycles. The van der Waals surface area contributed by atoms with Crippen molar-refractivity contribution in [2.45, 2.75) is 72.6 Å². The monoisotopic (exact) mass is 520 g/mol. The molecular formula is C37H46NO+. The lowest BCUT2D eigenvalue weighted by molar-refractivity contribution is 0.512. The molecule has 0 aliphatic carbocycles. The van der Waals surface area contributed by atoms with Gasteiger partial charge in [-0.15, -0.1) is 0 Å². The Balaban J connectivity index is 0.00000172. The van der Waals surface area contributed by atoms with Gasteiger partial charge < -0.3 is 10.0 Å². The SMILES string of the molecule is CC.CCc1ccc(/C([OH2+])=C/C(=C\C/C=C/c2cc3c4c(c2)CCCN4CCC3)c2ccc(CC)cc2)cc1. The average molecular weight is 521 g/mol. The molecule has 0 saturated carbocycles. The van der Waals surface area contributed by atoms with Crippen molar-refractivity contribution in [2.75, 3.05) is 18.0 Å². The van der Waals surface area contributed by atoms with E-state index in [1.54, 1.807) is 0 Å². The van der Waals surface area contributed by atoms with Crippen molar-refractivity contribution >= 4 is 23.1 Å². The van der Waals surface area contributed by atoms with Gasteiger partial charge in [0.25, 0.3) is 5.76 Å². The van der Waals surface area contributed by atoms with Gasteiger partial charge in [0.1, 0.15) is 0 Å². The molecule has 3 aromatic rings. The van der Waals surface area contributed by atoms with Crippen LogP contribution in [0.4, 0.5) is 5.69 Å². The molecule has 2 aliphatic heterocycles. The normalized spacial score (nSPS) is 15.1. The second-order valence-corrected chi connectivity index (χ2v) is 10.3. The van der Waals surface area contributed by atoms with Crippen LogP contribution in [-0.2, 0) is 25.7 Å². The van der Waals surface area contributed by atoms with Crippen molar-refractivity contribution in [2.24, 2.45) is 0 Å². The standard InChI is InChI=1S/C35H39NO.C2H6/c1-3-26-13-17-29(18-14-26)31(25-34(37)30-19-15-27(4-2)16-20-30)10-6-5-9-28-23-32-11-7-21-36-22-8-12-33(24-28)35(32)36;1-2/h5,9-10,13-20,23-25,37H,3-4,6-8,11-12,21-22H2,1-2H3;1-2H3/p+1/b9-5+,31-10+,34-25-;. The first-order chi connectivity index (χ1) is 19.1. The van der Waals surface area contributed by atoms with E-state index in [-0.39, 0.29) is 0 Å². The van der Waals surface area contributed by atoms with Crippen molar-refractivity contribution in [3.8, 4) is 0 Å². The number of aryl methyl sites for hydroxylation is 4. The fourth-order valence-corrected chi connectivity index (χ4v) is 5.68. The average Bonchev–Trinajstić information content (AvgIpc) is 3.00. The lowest BCUT2D eigenvalue weighted by atomic mass is 9.90. The minimum absolute atomic E-state index is 0.552. The summed E-state index contributed by atoms with van der Waals surface area (Å²) in [6.07, 6.45) is 16.7. The van der Waals surface area contributed by atoms with Crippen LogP contribution in [0.1, 0.15) is 85.9 Å². The molecular weight excluding hydrogens is 474 g/mol. The van der Waals surface area contributed by atoms with Crippen molar-refractivity contribution in [3.05, 3.63) is 118 Å². The smallest absolute Gasteiger partial charge is 0.261 e. The van der Waals surface area contributed by atoms with E-state index < -0.39 is 0 Å². The molecule has 0 fully saturated rings. The van der Waals surface area contributed by atoms with Crippen molar-refractivity contribution in [1.82, 2.24) is 0 Å². The van der Waals surface area contributed by atoms with E-state index in [2.05, 4.69) is 97.6 Å². The Labute approximate surface area is 236 Å². The van der Waals surface area contributed by atoms with Crippen molar-refractivity contribution < 1.29 is 5.11 Å². The second-order valence-electron chi connectivity index (χ2n) is 10.3. The lowest BCUT2D eigenvalue weighted by Gasteiger charge is -2.37. The van der Waals surface area contributed by atoms with Crippen LogP contribution in [0.5, 0.6) is 0 Å². The van der Waals surface area contributed by atoms with Gasteiger partial charge in [-0.2, -0.15) is 0 Å². The molecule has 2 N–H and O–H groups in total. The molecule has 2 aliphatic rings. The third-order valence-corrected chi connectivity index (χ3v) is 7.81. The van der Waals surface area contributed by atoms with Crippen molar-refractivity contribution in [3.63, 3.8) is 0 Å². The summed E-state index contributed by atoms with van der Waals surface area (Å²) in [5, 5.41) is 8.77. The number of anilines is 1. The van der Waals surface area contributed by atoms with Gasteiger partial charge in [0.2, 0.25) is 0 Å². The Morgan fingerprint density at radius 1 is 0.795 bits per heavy atom. The number of rotatable bonds is 8. The van der Waals surface area contributed by atoms with E-state index in [1.165, 1.54) is 77.8 Å². The zero-order valence-corrected chi connectivity index (χ0v) is 24.4. The van der Waals surface area contributed by atoms with Crippen LogP contribution >= 0.6 is 0 Å². The molecule has 0 aromatic heterocycles. The molecule has 0 unspecified atom stereocenters. The number of benzene rings is 3. The van der Waals surface area contributed by atoms with Crippen LogP contribution in [0.3, 0.4) is 0 Å². The Kier molecular flexibility index (Phi) is 10.3. The summed E-state index contributed by atoms with van der Waals surface area (Å²) in [5.41, 5.74) is 11.8. The molecule has 0 saturated heterocycles. The first kappa shape index (κ1) is 28.5. The van der Waals surface area contributed by atoms with Crippen LogP contribution in [-0.4, -0.2) is 18.2 Å². The predicted molar refractivity (Wildman–Crippen MR) is 172 cm³/mol. The molecule has 39 heavy (non-hydrogen) atoms. The van der Waals surface area contributed by atoms with Gasteiger partial charge in [-0.25, -0.2) is 0 Å². The molecule has 0 bridgehead atoms. The largest absolute Gasteiger partial charge is 0.593 e. The van der Waals surface area contributed by atoms with Gasteiger partial charge >= 0.3 is 0 Å². The van der Waals surface area contributed by atoms with E-state index in [1.807, 2.05) is 19.9 Å². The summed E-state index contributed by atoms with van der Waals surface area (Å²) in [6.45, 7) is 10.8. The van der Waals surface area contributed by atoms with Crippen LogP contribution in [0.15, 0.2) is 78.9 Å². The molecule has 5 rings (SSSR count). The minimum atomic E-state index is 0.552. The molecule has 204 valence electrons. The van der Waals surface area contributed by atoms with Crippen molar-refractivity contribution in [1.29, 1.82) is 0 Å². The number of nitrogens with zero attached hydrogens (tertiary/aromatic N) is 1. The maximum absolute atomic E-state index is 8.77. The fraction of sp³-hybridized carbons (Fsp3) is 0.351. The van der Waals surface area contributed by atoms with Gasteiger partial charge in [0, 0.05) is 24.9 Å². The summed E-state index contributed by atoms with van der Waals surface area (Å²) < 4.78 is 0. The highest BCUT2D eigenvalue weighted by Gasteiger charge is 2.23. The summed E-state index contributed by atoms with van der Waals surface area (Å²) in [6, 6.07) is 22.0. The highest BCUT2D eigenvalue weighted by atomic mass is 16.3. The summed E-state index contributed by atoms with van der Waals surface area (Å²) in [5.74, 6) is 0.552. The molecule has 3 aromatic carbocycles. The third-order valence-electron chi connectivity index (χ3n) is 7.81. The predicted octanol–water partition coefficient (Wildman–Crippen LogP) is 8.79. The first-order valence-corrected chi connectivity index (χ1v) is 15.0. The maximum Gasteiger partial charge on any atom is 0.261 e. The minimum Gasteiger partial charge on any atom is -0.593 e. The molecule has 0 spiro atoms. The van der Waals surface area contributed by atoms with Gasteiger partial charge in [-0.05, 0) is 108 Å².